The number of aromatic nitrogens is 3. The quantitative estimate of drug-likeness (QED) is 0.778. The van der Waals surface area contributed by atoms with Crippen molar-refractivity contribution in [1.29, 1.82) is 0 Å². The van der Waals surface area contributed by atoms with Gasteiger partial charge in [-0.2, -0.15) is 15.0 Å². The summed E-state index contributed by atoms with van der Waals surface area (Å²) in [6.45, 7) is 5.92. The van der Waals surface area contributed by atoms with E-state index in [-0.39, 0.29) is 5.28 Å². The van der Waals surface area contributed by atoms with Crippen LogP contribution in [0.2, 0.25) is 5.28 Å². The molecule has 6 heteroatoms. The van der Waals surface area contributed by atoms with Crippen molar-refractivity contribution in [3.05, 3.63) is 5.28 Å². The van der Waals surface area contributed by atoms with Gasteiger partial charge in [-0.3, -0.25) is 0 Å². The molecule has 0 saturated heterocycles. The van der Waals surface area contributed by atoms with Crippen LogP contribution in [-0.2, 0) is 0 Å². The van der Waals surface area contributed by atoms with Crippen LogP contribution in [0.1, 0.15) is 52.4 Å². The molecular formula is C15H26ClN5. The minimum atomic E-state index is 0.280. The van der Waals surface area contributed by atoms with Gasteiger partial charge < -0.3 is 9.80 Å². The maximum atomic E-state index is 6.11. The topological polar surface area (TPSA) is 45.2 Å². The van der Waals surface area contributed by atoms with Crippen LogP contribution in [0.15, 0.2) is 0 Å². The fraction of sp³-hybridized carbons (Fsp3) is 0.800. The highest BCUT2D eigenvalue weighted by Crippen LogP contribution is 2.25. The van der Waals surface area contributed by atoms with Gasteiger partial charge in [-0.25, -0.2) is 0 Å². The second-order valence-electron chi connectivity index (χ2n) is 5.63. The first kappa shape index (κ1) is 16.3. The summed E-state index contributed by atoms with van der Waals surface area (Å²) in [6, 6.07) is 0.510. The van der Waals surface area contributed by atoms with Gasteiger partial charge in [0.05, 0.1) is 0 Å². The second kappa shape index (κ2) is 7.78. The predicted octanol–water partition coefficient (Wildman–Crippen LogP) is 3.53. The Balaban J connectivity index is 2.21. The van der Waals surface area contributed by atoms with E-state index in [2.05, 4.69) is 45.6 Å². The first-order valence-corrected chi connectivity index (χ1v) is 8.42. The molecule has 1 fully saturated rings. The van der Waals surface area contributed by atoms with E-state index in [4.69, 9.17) is 11.6 Å². The highest BCUT2D eigenvalue weighted by Gasteiger charge is 2.21. The molecule has 1 aliphatic rings. The average Bonchev–Trinajstić information content (AvgIpc) is 2.76. The van der Waals surface area contributed by atoms with Crippen LogP contribution in [0.3, 0.4) is 0 Å². The summed E-state index contributed by atoms with van der Waals surface area (Å²) < 4.78 is 0. The van der Waals surface area contributed by atoms with Gasteiger partial charge in [0, 0.05) is 26.2 Å². The molecule has 0 N–H and O–H groups in total. The van der Waals surface area contributed by atoms with E-state index in [1.165, 1.54) is 38.5 Å². The van der Waals surface area contributed by atoms with Crippen molar-refractivity contribution in [3.8, 4) is 0 Å². The monoisotopic (exact) mass is 311 g/mol. The summed E-state index contributed by atoms with van der Waals surface area (Å²) in [6.07, 6.45) is 7.67. The molecular weight excluding hydrogens is 286 g/mol. The van der Waals surface area contributed by atoms with Gasteiger partial charge in [0.1, 0.15) is 0 Å². The lowest BCUT2D eigenvalue weighted by atomic mass is 10.1. The molecule has 0 unspecified atom stereocenters. The van der Waals surface area contributed by atoms with Crippen molar-refractivity contribution in [2.75, 3.05) is 29.9 Å². The van der Waals surface area contributed by atoms with E-state index >= 15 is 0 Å². The molecule has 0 spiro atoms. The van der Waals surface area contributed by atoms with E-state index < -0.39 is 0 Å². The first-order valence-electron chi connectivity index (χ1n) is 8.05. The van der Waals surface area contributed by atoms with Crippen molar-refractivity contribution in [2.24, 2.45) is 0 Å². The third-order valence-electron chi connectivity index (χ3n) is 4.32. The lowest BCUT2D eigenvalue weighted by Gasteiger charge is -2.28. The number of rotatable bonds is 5. The average molecular weight is 312 g/mol. The smallest absolute Gasteiger partial charge is 0.231 e. The Bertz CT molecular complexity index is 442. The summed E-state index contributed by atoms with van der Waals surface area (Å²) >= 11 is 6.11. The maximum absolute atomic E-state index is 6.11. The number of nitrogens with zero attached hydrogens (tertiary/aromatic N) is 5. The Hall–Kier alpha value is -1.10. The molecule has 0 radical (unpaired) electrons. The molecule has 21 heavy (non-hydrogen) atoms. The van der Waals surface area contributed by atoms with E-state index in [0.29, 0.717) is 17.9 Å². The van der Waals surface area contributed by atoms with Crippen LogP contribution in [-0.4, -0.2) is 41.1 Å². The van der Waals surface area contributed by atoms with Gasteiger partial charge in [-0.15, -0.1) is 0 Å². The summed E-state index contributed by atoms with van der Waals surface area (Å²) in [5, 5.41) is 0.280. The number of hydrogen-bond acceptors (Lipinski definition) is 5. The minimum Gasteiger partial charge on any atom is -0.341 e. The molecule has 0 aromatic carbocycles. The SMILES string of the molecule is CCN(CC)c1nc(Cl)nc(N(C)C2CCCCCC2)n1. The van der Waals surface area contributed by atoms with Crippen LogP contribution < -0.4 is 9.80 Å². The highest BCUT2D eigenvalue weighted by atomic mass is 35.5. The van der Waals surface area contributed by atoms with Gasteiger partial charge in [-0.1, -0.05) is 25.7 Å². The van der Waals surface area contributed by atoms with E-state index in [1.54, 1.807) is 0 Å². The standard InChI is InChI=1S/C15H26ClN5/c1-4-21(5-2)15-18-13(16)17-14(19-15)20(3)12-10-8-6-7-9-11-12/h12H,4-11H2,1-3H3. The Kier molecular flexibility index (Phi) is 6.03. The second-order valence-corrected chi connectivity index (χ2v) is 5.97. The normalized spacial score (nSPS) is 16.6. The van der Waals surface area contributed by atoms with Crippen molar-refractivity contribution in [2.45, 2.75) is 58.4 Å². The van der Waals surface area contributed by atoms with Crippen molar-refractivity contribution >= 4 is 23.5 Å². The Labute approximate surface area is 132 Å². The van der Waals surface area contributed by atoms with E-state index in [1.807, 2.05) is 0 Å². The Morgan fingerprint density at radius 3 is 2.10 bits per heavy atom. The molecule has 118 valence electrons. The molecule has 5 nitrogen and oxygen atoms in total. The van der Waals surface area contributed by atoms with Gasteiger partial charge in [0.2, 0.25) is 17.2 Å². The van der Waals surface area contributed by atoms with Crippen LogP contribution in [0.5, 0.6) is 0 Å². The lowest BCUT2D eigenvalue weighted by Crippen LogP contribution is -2.33. The molecule has 1 aromatic rings. The molecule has 1 heterocycles. The summed E-state index contributed by atoms with van der Waals surface area (Å²) in [5.41, 5.74) is 0. The summed E-state index contributed by atoms with van der Waals surface area (Å²) in [5.74, 6) is 1.37. The van der Waals surface area contributed by atoms with Crippen LogP contribution in [0.4, 0.5) is 11.9 Å². The third-order valence-corrected chi connectivity index (χ3v) is 4.49. The zero-order valence-corrected chi connectivity index (χ0v) is 14.1. The number of halogens is 1. The van der Waals surface area contributed by atoms with Crippen molar-refractivity contribution in [1.82, 2.24) is 15.0 Å². The van der Waals surface area contributed by atoms with Gasteiger partial charge >= 0.3 is 0 Å². The largest absolute Gasteiger partial charge is 0.341 e. The van der Waals surface area contributed by atoms with E-state index in [0.717, 1.165) is 13.1 Å². The molecule has 0 bridgehead atoms. The van der Waals surface area contributed by atoms with E-state index in [9.17, 15) is 0 Å². The molecule has 1 aliphatic carbocycles. The highest BCUT2D eigenvalue weighted by molar-refractivity contribution is 6.28. The molecule has 0 aliphatic heterocycles. The minimum absolute atomic E-state index is 0.280. The van der Waals surface area contributed by atoms with Crippen molar-refractivity contribution < 1.29 is 0 Å². The third kappa shape index (κ3) is 4.19. The lowest BCUT2D eigenvalue weighted by molar-refractivity contribution is 0.543. The predicted molar refractivity (Wildman–Crippen MR) is 88.3 cm³/mol. The molecule has 0 atom stereocenters. The maximum Gasteiger partial charge on any atom is 0.231 e. The Morgan fingerprint density at radius 1 is 0.952 bits per heavy atom. The zero-order chi connectivity index (χ0) is 15.2. The summed E-state index contributed by atoms with van der Waals surface area (Å²) in [7, 11) is 2.08. The van der Waals surface area contributed by atoms with Gasteiger partial charge in [-0.05, 0) is 38.3 Å². The Morgan fingerprint density at radius 2 is 1.52 bits per heavy atom. The molecule has 1 aromatic heterocycles. The first-order chi connectivity index (χ1) is 10.2. The molecule has 0 amide bonds. The van der Waals surface area contributed by atoms with Crippen molar-refractivity contribution in [3.63, 3.8) is 0 Å². The van der Waals surface area contributed by atoms with Crippen LogP contribution in [0, 0.1) is 0 Å². The fourth-order valence-electron chi connectivity index (χ4n) is 2.94. The van der Waals surface area contributed by atoms with Crippen LogP contribution in [0.25, 0.3) is 0 Å². The fourth-order valence-corrected chi connectivity index (χ4v) is 3.09. The van der Waals surface area contributed by atoms with Crippen LogP contribution >= 0.6 is 11.6 Å². The van der Waals surface area contributed by atoms with Gasteiger partial charge in [0.15, 0.2) is 0 Å². The number of hydrogen-bond donors (Lipinski definition) is 0. The molecule has 2 rings (SSSR count). The number of anilines is 2. The molecule has 1 saturated carbocycles. The zero-order valence-electron chi connectivity index (χ0n) is 13.3. The van der Waals surface area contributed by atoms with Gasteiger partial charge in [0.25, 0.3) is 0 Å². The summed E-state index contributed by atoms with van der Waals surface area (Å²) in [4.78, 5) is 17.5.